The number of alkyl halides is 3. The van der Waals surface area contributed by atoms with Crippen molar-refractivity contribution in [2.24, 2.45) is 0 Å². The van der Waals surface area contributed by atoms with Crippen LogP contribution in [0.25, 0.3) is 11.2 Å². The number of nitrogens with zero attached hydrogens (tertiary/aromatic N) is 3. The van der Waals surface area contributed by atoms with Gasteiger partial charge in [-0.1, -0.05) is 0 Å². The Morgan fingerprint density at radius 1 is 1.28 bits per heavy atom. The van der Waals surface area contributed by atoms with E-state index in [4.69, 9.17) is 18.7 Å². The molecule has 0 aliphatic rings. The predicted octanol–water partition coefficient (Wildman–Crippen LogP) is 0.329. The molecule has 2 aromatic rings. The lowest BCUT2D eigenvalue weighted by Crippen LogP contribution is -2.21. The van der Waals surface area contributed by atoms with Crippen molar-refractivity contribution in [3.63, 3.8) is 0 Å². The molecule has 0 unspecified atom stereocenters. The van der Waals surface area contributed by atoms with Crippen LogP contribution in [0.2, 0.25) is 0 Å². The van der Waals surface area contributed by atoms with Gasteiger partial charge in [-0.3, -0.25) is 4.55 Å². The van der Waals surface area contributed by atoms with Crippen LogP contribution in [0.5, 0.6) is 0 Å². The second-order valence-electron chi connectivity index (χ2n) is 2.78. The van der Waals surface area contributed by atoms with E-state index in [1.165, 1.54) is 12.7 Å². The molecule has 100 valence electrons. The van der Waals surface area contributed by atoms with Crippen LogP contribution in [-0.2, 0) is 10.1 Å². The Kier molecular flexibility index (Phi) is 3.71. The summed E-state index contributed by atoms with van der Waals surface area (Å²) in [6.07, 6.45) is 2.94. The van der Waals surface area contributed by atoms with Crippen molar-refractivity contribution in [1.29, 1.82) is 0 Å². The Balaban J connectivity index is 0.000000187. The molecule has 2 heterocycles. The van der Waals surface area contributed by atoms with Gasteiger partial charge in [0.15, 0.2) is 11.5 Å². The van der Waals surface area contributed by atoms with E-state index in [1.54, 1.807) is 0 Å². The molecule has 0 saturated heterocycles. The molecular formula is C6H6F3N5O3S. The lowest BCUT2D eigenvalue weighted by molar-refractivity contribution is -0.0510. The maximum Gasteiger partial charge on any atom is 0.522 e. The van der Waals surface area contributed by atoms with Crippen LogP contribution in [0.1, 0.15) is 0 Å². The number of H-pyrrole nitrogens is 1. The molecule has 0 aliphatic heterocycles. The fourth-order valence-electron chi connectivity index (χ4n) is 0.783. The third-order valence-corrected chi connectivity index (χ3v) is 2.12. The summed E-state index contributed by atoms with van der Waals surface area (Å²) in [6, 6.07) is 0. The van der Waals surface area contributed by atoms with Gasteiger partial charge in [0.2, 0.25) is 0 Å². The smallest absolute Gasteiger partial charge is 0.382 e. The molecular weight excluding hydrogens is 279 g/mol. The standard InChI is InChI=1S/C5H5N5.CHF3O3S/c6-4-3-5(9-1-7-3)10-2-8-4;2-1(3,4)8(5,6)7/h1-2H,(H3,6,7,8,9,10);(H,5,6,7). The zero-order valence-electron chi connectivity index (χ0n) is 8.38. The molecule has 18 heavy (non-hydrogen) atoms. The fraction of sp³-hybridized carbons (Fsp3) is 0.167. The lowest BCUT2D eigenvalue weighted by Gasteiger charge is -1.97. The average Bonchev–Trinajstić information content (AvgIpc) is 2.64. The summed E-state index contributed by atoms with van der Waals surface area (Å²) < 4.78 is 57.5. The maximum absolute atomic E-state index is 10.7. The Bertz CT molecular complexity index is 637. The number of aromatic amines is 1. The Morgan fingerprint density at radius 3 is 2.28 bits per heavy atom. The summed E-state index contributed by atoms with van der Waals surface area (Å²) in [6.45, 7) is 0. The van der Waals surface area contributed by atoms with E-state index in [0.29, 0.717) is 17.0 Å². The van der Waals surface area contributed by atoms with Gasteiger partial charge in [-0.05, 0) is 0 Å². The van der Waals surface area contributed by atoms with Crippen LogP contribution in [0.15, 0.2) is 12.7 Å². The summed E-state index contributed by atoms with van der Waals surface area (Å²) in [7, 11) is -5.84. The van der Waals surface area contributed by atoms with Crippen LogP contribution in [0.3, 0.4) is 0 Å². The Morgan fingerprint density at radius 2 is 1.83 bits per heavy atom. The van der Waals surface area contributed by atoms with Gasteiger partial charge >= 0.3 is 15.6 Å². The minimum absolute atomic E-state index is 0.409. The summed E-state index contributed by atoms with van der Waals surface area (Å²) in [5.74, 6) is 0.409. The normalized spacial score (nSPS) is 12.0. The summed E-state index contributed by atoms with van der Waals surface area (Å²) in [4.78, 5) is 14.4. The monoisotopic (exact) mass is 285 g/mol. The van der Waals surface area contributed by atoms with E-state index in [0.717, 1.165) is 0 Å². The Hall–Kier alpha value is -1.95. The van der Waals surface area contributed by atoms with Crippen molar-refractivity contribution in [3.05, 3.63) is 12.7 Å². The molecule has 0 fully saturated rings. The van der Waals surface area contributed by atoms with Crippen molar-refractivity contribution >= 4 is 27.1 Å². The molecule has 2 rings (SSSR count). The molecule has 0 aliphatic carbocycles. The van der Waals surface area contributed by atoms with E-state index in [1.807, 2.05) is 0 Å². The van der Waals surface area contributed by atoms with E-state index < -0.39 is 15.6 Å². The number of nitrogens with one attached hydrogen (secondary N) is 1. The molecule has 0 saturated carbocycles. The number of fused-ring (bicyclic) bond motifs is 1. The largest absolute Gasteiger partial charge is 0.522 e. The first-order valence-electron chi connectivity index (χ1n) is 4.06. The van der Waals surface area contributed by atoms with Crippen LogP contribution in [0, 0.1) is 0 Å². The van der Waals surface area contributed by atoms with E-state index in [2.05, 4.69) is 19.9 Å². The van der Waals surface area contributed by atoms with E-state index in [-0.39, 0.29) is 0 Å². The molecule has 4 N–H and O–H groups in total. The van der Waals surface area contributed by atoms with Crippen molar-refractivity contribution < 1.29 is 26.1 Å². The quantitative estimate of drug-likeness (QED) is 0.468. The third-order valence-electron chi connectivity index (χ3n) is 1.54. The highest BCUT2D eigenvalue weighted by Crippen LogP contribution is 2.20. The molecule has 0 radical (unpaired) electrons. The first-order valence-corrected chi connectivity index (χ1v) is 5.50. The zero-order valence-corrected chi connectivity index (χ0v) is 9.20. The van der Waals surface area contributed by atoms with Crippen molar-refractivity contribution in [3.8, 4) is 0 Å². The van der Waals surface area contributed by atoms with Crippen LogP contribution < -0.4 is 5.73 Å². The van der Waals surface area contributed by atoms with Gasteiger partial charge in [-0.25, -0.2) is 15.0 Å². The van der Waals surface area contributed by atoms with Crippen LogP contribution in [-0.4, -0.2) is 38.4 Å². The highest BCUT2D eigenvalue weighted by atomic mass is 32.2. The maximum atomic E-state index is 10.7. The molecule has 0 spiro atoms. The topological polar surface area (TPSA) is 135 Å². The number of nitrogen functional groups attached to an aromatic ring is 1. The van der Waals surface area contributed by atoms with Gasteiger partial charge in [-0.15, -0.1) is 0 Å². The van der Waals surface area contributed by atoms with Gasteiger partial charge in [0, 0.05) is 0 Å². The minimum atomic E-state index is -5.84. The van der Waals surface area contributed by atoms with Gasteiger partial charge in [0.1, 0.15) is 11.8 Å². The van der Waals surface area contributed by atoms with Crippen molar-refractivity contribution in [2.45, 2.75) is 5.51 Å². The first-order chi connectivity index (χ1) is 8.13. The number of imidazole rings is 1. The number of hydrogen-bond donors (Lipinski definition) is 3. The number of rotatable bonds is 0. The molecule has 0 bridgehead atoms. The molecule has 2 aromatic heterocycles. The summed E-state index contributed by atoms with van der Waals surface area (Å²) >= 11 is 0. The highest BCUT2D eigenvalue weighted by Gasteiger charge is 2.44. The highest BCUT2D eigenvalue weighted by molar-refractivity contribution is 7.86. The van der Waals surface area contributed by atoms with Crippen LogP contribution in [0.4, 0.5) is 19.0 Å². The SMILES string of the molecule is Nc1ncnc2[nH]cnc12.O=S(=O)(O)C(F)(F)F. The summed E-state index contributed by atoms with van der Waals surface area (Å²) in [5, 5.41) is 0. The molecule has 0 atom stereocenters. The predicted molar refractivity (Wildman–Crippen MR) is 53.7 cm³/mol. The number of anilines is 1. The van der Waals surface area contributed by atoms with Gasteiger partial charge < -0.3 is 10.7 Å². The van der Waals surface area contributed by atoms with Gasteiger partial charge in [0.05, 0.1) is 6.33 Å². The zero-order chi connectivity index (χ0) is 14.0. The molecule has 0 aromatic carbocycles. The number of halogens is 3. The Labute approximate surface area is 97.8 Å². The second kappa shape index (κ2) is 4.73. The van der Waals surface area contributed by atoms with Crippen molar-refractivity contribution in [2.75, 3.05) is 5.73 Å². The summed E-state index contributed by atoms with van der Waals surface area (Å²) in [5.41, 5.74) is 1.23. The number of nitrogens with two attached hydrogens (primary N) is 1. The van der Waals surface area contributed by atoms with E-state index >= 15 is 0 Å². The van der Waals surface area contributed by atoms with Gasteiger partial charge in [-0.2, -0.15) is 21.6 Å². The van der Waals surface area contributed by atoms with E-state index in [9.17, 15) is 13.2 Å². The van der Waals surface area contributed by atoms with Crippen molar-refractivity contribution in [1.82, 2.24) is 19.9 Å². The lowest BCUT2D eigenvalue weighted by atomic mass is 10.5. The fourth-order valence-corrected chi connectivity index (χ4v) is 0.783. The van der Waals surface area contributed by atoms with Gasteiger partial charge in [0.25, 0.3) is 0 Å². The average molecular weight is 285 g/mol. The first kappa shape index (κ1) is 14.1. The van der Waals surface area contributed by atoms with Crippen LogP contribution >= 0.6 is 0 Å². The minimum Gasteiger partial charge on any atom is -0.382 e. The second-order valence-corrected chi connectivity index (χ2v) is 4.19. The molecule has 8 nitrogen and oxygen atoms in total. The molecule has 0 amide bonds. The third kappa shape index (κ3) is 3.27. The molecule has 12 heteroatoms. The number of hydrogen-bond acceptors (Lipinski definition) is 6. The number of aromatic nitrogens is 4.